The summed E-state index contributed by atoms with van der Waals surface area (Å²) in [5.41, 5.74) is 0.474. The van der Waals surface area contributed by atoms with E-state index >= 15 is 0 Å². The van der Waals surface area contributed by atoms with Crippen LogP contribution in [0.25, 0.3) is 0 Å². The number of carbonyl (C=O) groups is 2. The quantitative estimate of drug-likeness (QED) is 0.823. The van der Waals surface area contributed by atoms with E-state index in [4.69, 9.17) is 11.6 Å². The average Bonchev–Trinajstić information content (AvgIpc) is 2.99. The van der Waals surface area contributed by atoms with Crippen LogP contribution in [0.5, 0.6) is 0 Å². The van der Waals surface area contributed by atoms with Gasteiger partial charge in [-0.1, -0.05) is 25.4 Å². The van der Waals surface area contributed by atoms with Crippen LogP contribution in [-0.2, 0) is 4.79 Å². The third-order valence-corrected chi connectivity index (χ3v) is 4.97. The smallest absolute Gasteiger partial charge is 0.252 e. The van der Waals surface area contributed by atoms with Crippen LogP contribution in [0.3, 0.4) is 0 Å². The van der Waals surface area contributed by atoms with Crippen molar-refractivity contribution in [2.24, 2.45) is 5.92 Å². The van der Waals surface area contributed by atoms with Crippen molar-refractivity contribution in [1.29, 1.82) is 0 Å². The van der Waals surface area contributed by atoms with Crippen LogP contribution in [0.2, 0.25) is 4.34 Å². The van der Waals surface area contributed by atoms with E-state index in [1.165, 1.54) is 11.3 Å². The first kappa shape index (κ1) is 18.4. The maximum Gasteiger partial charge on any atom is 0.252 e. The van der Waals surface area contributed by atoms with Crippen molar-refractivity contribution >= 4 is 34.8 Å². The number of pyridine rings is 1. The van der Waals surface area contributed by atoms with Gasteiger partial charge in [-0.25, -0.2) is 0 Å². The Hall–Kier alpha value is -1.92. The molecule has 2 N–H and O–H groups in total. The van der Waals surface area contributed by atoms with Crippen LogP contribution in [0.15, 0.2) is 36.7 Å². The molecule has 2 heterocycles. The van der Waals surface area contributed by atoms with Crippen molar-refractivity contribution in [3.05, 3.63) is 51.4 Å². The summed E-state index contributed by atoms with van der Waals surface area (Å²) in [5.74, 6) is -0.558. The molecule has 0 saturated carbocycles. The molecule has 0 radical (unpaired) electrons. The fourth-order valence-corrected chi connectivity index (χ4v) is 3.26. The summed E-state index contributed by atoms with van der Waals surface area (Å²) in [6.07, 6.45) is 3.09. The molecule has 2 aromatic heterocycles. The number of rotatable bonds is 6. The highest BCUT2D eigenvalue weighted by Crippen LogP contribution is 2.26. The first-order valence-electron chi connectivity index (χ1n) is 7.65. The average molecular weight is 366 g/mol. The SMILES string of the molecule is CC(C)[C@@H](NC(=O)c1ccncc1)C(=O)N[C@H](C)c1ccc(Cl)s1. The lowest BCUT2D eigenvalue weighted by atomic mass is 10.0. The summed E-state index contributed by atoms with van der Waals surface area (Å²) in [6.45, 7) is 5.68. The van der Waals surface area contributed by atoms with Gasteiger partial charge in [0.2, 0.25) is 5.91 Å². The lowest BCUT2D eigenvalue weighted by Gasteiger charge is -2.23. The van der Waals surface area contributed by atoms with Crippen LogP contribution in [0.4, 0.5) is 0 Å². The van der Waals surface area contributed by atoms with Gasteiger partial charge in [0.15, 0.2) is 0 Å². The van der Waals surface area contributed by atoms with Gasteiger partial charge in [0, 0.05) is 22.8 Å². The zero-order valence-corrected chi connectivity index (χ0v) is 15.3. The Morgan fingerprint density at radius 1 is 1.08 bits per heavy atom. The van der Waals surface area contributed by atoms with Gasteiger partial charge in [0.25, 0.3) is 5.91 Å². The Kier molecular flexibility index (Phi) is 6.34. The molecule has 7 heteroatoms. The van der Waals surface area contributed by atoms with Gasteiger partial charge in [0.05, 0.1) is 10.4 Å². The highest BCUT2D eigenvalue weighted by Gasteiger charge is 2.26. The number of amides is 2. The van der Waals surface area contributed by atoms with Crippen LogP contribution < -0.4 is 10.6 Å². The second-order valence-corrected chi connectivity index (χ2v) is 7.55. The minimum absolute atomic E-state index is 0.0464. The summed E-state index contributed by atoms with van der Waals surface area (Å²) in [4.78, 5) is 29.7. The van der Waals surface area contributed by atoms with E-state index in [0.29, 0.717) is 9.90 Å². The van der Waals surface area contributed by atoms with Crippen molar-refractivity contribution in [3.8, 4) is 0 Å². The predicted octanol–water partition coefficient (Wildman–Crippen LogP) is 3.43. The Balaban J connectivity index is 2.04. The molecule has 0 unspecified atom stereocenters. The molecule has 5 nitrogen and oxygen atoms in total. The maximum atomic E-state index is 12.6. The molecule has 2 atom stereocenters. The second-order valence-electron chi connectivity index (χ2n) is 5.80. The summed E-state index contributed by atoms with van der Waals surface area (Å²) < 4.78 is 0.678. The molecule has 0 saturated heterocycles. The molecule has 0 aliphatic rings. The highest BCUT2D eigenvalue weighted by atomic mass is 35.5. The van der Waals surface area contributed by atoms with Gasteiger partial charge in [-0.3, -0.25) is 14.6 Å². The van der Waals surface area contributed by atoms with Crippen LogP contribution in [0, 0.1) is 5.92 Å². The van der Waals surface area contributed by atoms with Gasteiger partial charge in [-0.05, 0) is 37.1 Å². The Labute approximate surface area is 150 Å². The van der Waals surface area contributed by atoms with Gasteiger partial charge in [-0.15, -0.1) is 11.3 Å². The van der Waals surface area contributed by atoms with Gasteiger partial charge in [0.1, 0.15) is 6.04 Å². The molecule has 24 heavy (non-hydrogen) atoms. The molecule has 0 aliphatic heterocycles. The van der Waals surface area contributed by atoms with Gasteiger partial charge < -0.3 is 10.6 Å². The zero-order valence-electron chi connectivity index (χ0n) is 13.7. The monoisotopic (exact) mass is 365 g/mol. The lowest BCUT2D eigenvalue weighted by Crippen LogP contribution is -2.50. The third-order valence-electron chi connectivity index (χ3n) is 3.56. The number of carbonyl (C=O) groups excluding carboxylic acids is 2. The minimum Gasteiger partial charge on any atom is -0.347 e. The molecule has 2 rings (SSSR count). The highest BCUT2D eigenvalue weighted by molar-refractivity contribution is 7.16. The van der Waals surface area contributed by atoms with Gasteiger partial charge >= 0.3 is 0 Å². The van der Waals surface area contributed by atoms with Crippen molar-refractivity contribution in [1.82, 2.24) is 15.6 Å². The molecular formula is C17H20ClN3O2S. The summed E-state index contributed by atoms with van der Waals surface area (Å²) in [6, 6.07) is 6.12. The summed E-state index contributed by atoms with van der Waals surface area (Å²) in [7, 11) is 0. The number of aromatic nitrogens is 1. The van der Waals surface area contributed by atoms with E-state index in [1.54, 1.807) is 30.6 Å². The van der Waals surface area contributed by atoms with Crippen molar-refractivity contribution in [2.45, 2.75) is 32.9 Å². The Morgan fingerprint density at radius 3 is 2.29 bits per heavy atom. The van der Waals surface area contributed by atoms with Crippen LogP contribution in [0.1, 0.15) is 42.0 Å². The van der Waals surface area contributed by atoms with E-state index < -0.39 is 6.04 Å². The minimum atomic E-state index is -0.622. The molecule has 0 aromatic carbocycles. The zero-order chi connectivity index (χ0) is 17.7. The molecule has 2 aromatic rings. The predicted molar refractivity (Wildman–Crippen MR) is 96.2 cm³/mol. The summed E-state index contributed by atoms with van der Waals surface area (Å²) >= 11 is 7.36. The topological polar surface area (TPSA) is 71.1 Å². The summed E-state index contributed by atoms with van der Waals surface area (Å²) in [5, 5.41) is 5.73. The van der Waals surface area contributed by atoms with E-state index in [0.717, 1.165) is 4.88 Å². The van der Waals surface area contributed by atoms with Crippen LogP contribution in [-0.4, -0.2) is 22.8 Å². The number of nitrogens with zero attached hydrogens (tertiary/aromatic N) is 1. The number of thiophene rings is 1. The van der Waals surface area contributed by atoms with E-state index in [2.05, 4.69) is 15.6 Å². The fraction of sp³-hybridized carbons (Fsp3) is 0.353. The second kappa shape index (κ2) is 8.26. The number of nitrogens with one attached hydrogen (secondary N) is 2. The lowest BCUT2D eigenvalue weighted by molar-refractivity contribution is -0.124. The van der Waals surface area contributed by atoms with E-state index in [9.17, 15) is 9.59 Å². The first-order valence-corrected chi connectivity index (χ1v) is 8.84. The molecule has 128 valence electrons. The first-order chi connectivity index (χ1) is 11.4. The van der Waals surface area contributed by atoms with Gasteiger partial charge in [-0.2, -0.15) is 0 Å². The maximum absolute atomic E-state index is 12.6. The van der Waals surface area contributed by atoms with E-state index in [-0.39, 0.29) is 23.8 Å². The van der Waals surface area contributed by atoms with Crippen molar-refractivity contribution in [3.63, 3.8) is 0 Å². The normalized spacial score (nSPS) is 13.4. The molecule has 2 amide bonds. The van der Waals surface area contributed by atoms with Crippen LogP contribution >= 0.6 is 22.9 Å². The molecule has 0 aliphatic carbocycles. The number of halogens is 1. The molecular weight excluding hydrogens is 346 g/mol. The van der Waals surface area contributed by atoms with Crippen molar-refractivity contribution < 1.29 is 9.59 Å². The molecule has 0 spiro atoms. The largest absolute Gasteiger partial charge is 0.347 e. The Bertz CT molecular complexity index is 703. The number of hydrogen-bond acceptors (Lipinski definition) is 4. The van der Waals surface area contributed by atoms with Crippen molar-refractivity contribution in [2.75, 3.05) is 0 Å². The fourth-order valence-electron chi connectivity index (χ4n) is 2.20. The standard InChI is InChI=1S/C17H20ClN3O2S/c1-10(2)15(21-16(22)12-6-8-19-9-7-12)17(23)20-11(3)13-4-5-14(18)24-13/h4-11,15H,1-3H3,(H,20,23)(H,21,22)/t11-,15-/m1/s1. The third kappa shape index (κ3) is 4.79. The molecule has 0 bridgehead atoms. The molecule has 0 fully saturated rings. The van der Waals surface area contributed by atoms with E-state index in [1.807, 2.05) is 26.8 Å². The Morgan fingerprint density at radius 2 is 1.75 bits per heavy atom. The number of hydrogen-bond donors (Lipinski definition) is 2.